The van der Waals surface area contributed by atoms with Crippen molar-refractivity contribution in [2.75, 3.05) is 18.8 Å². The Hall–Kier alpha value is -0.390. The van der Waals surface area contributed by atoms with Gasteiger partial charge in [0.1, 0.15) is 0 Å². The van der Waals surface area contributed by atoms with Gasteiger partial charge in [0.2, 0.25) is 10.0 Å². The molecule has 1 aliphatic rings. The number of nitrogens with zero attached hydrogens (tertiary/aromatic N) is 1. The van der Waals surface area contributed by atoms with Gasteiger partial charge in [-0.15, -0.1) is 6.58 Å². The molecule has 1 fully saturated rings. The molecule has 82 valence electrons. The van der Waals surface area contributed by atoms with Gasteiger partial charge in [-0.3, -0.25) is 0 Å². The number of rotatable bonds is 3. The molecule has 0 aromatic heterocycles. The zero-order valence-corrected chi connectivity index (χ0v) is 9.55. The van der Waals surface area contributed by atoms with E-state index in [-0.39, 0.29) is 17.8 Å². The van der Waals surface area contributed by atoms with Gasteiger partial charge in [0.25, 0.3) is 0 Å². The second-order valence-electron chi connectivity index (χ2n) is 3.80. The van der Waals surface area contributed by atoms with Gasteiger partial charge in [0.15, 0.2) is 0 Å². The van der Waals surface area contributed by atoms with Gasteiger partial charge in [0.05, 0.1) is 5.75 Å². The van der Waals surface area contributed by atoms with Crippen LogP contribution in [0.25, 0.3) is 0 Å². The molecule has 1 N–H and O–H groups in total. The Bertz CT molecular complexity index is 300. The number of hydrogen-bond acceptors (Lipinski definition) is 3. The lowest BCUT2D eigenvalue weighted by atomic mass is 10.2. The smallest absolute Gasteiger partial charge is 0.218 e. The van der Waals surface area contributed by atoms with Crippen LogP contribution < -0.4 is 5.32 Å². The highest BCUT2D eigenvalue weighted by molar-refractivity contribution is 7.89. The fourth-order valence-corrected chi connectivity index (χ4v) is 3.18. The van der Waals surface area contributed by atoms with Crippen LogP contribution in [0.4, 0.5) is 0 Å². The first-order valence-electron chi connectivity index (χ1n) is 4.81. The summed E-state index contributed by atoms with van der Waals surface area (Å²) in [6.45, 7) is 8.64. The van der Waals surface area contributed by atoms with Gasteiger partial charge in [0, 0.05) is 25.2 Å². The molecule has 14 heavy (non-hydrogen) atoms. The quantitative estimate of drug-likeness (QED) is 0.688. The standard InChI is InChI=1S/C9H18N2O2S/c1-4-5-14(12,13)11-7-8(2)10-6-9(11)3/h4,8-10H,1,5-7H2,2-3H3. The zero-order valence-electron chi connectivity index (χ0n) is 8.73. The van der Waals surface area contributed by atoms with Gasteiger partial charge in [-0.25, -0.2) is 8.42 Å². The molecule has 1 rings (SSSR count). The van der Waals surface area contributed by atoms with Crippen molar-refractivity contribution < 1.29 is 8.42 Å². The predicted octanol–water partition coefficient (Wildman–Crippen LogP) is 0.184. The highest BCUT2D eigenvalue weighted by atomic mass is 32.2. The first-order chi connectivity index (χ1) is 6.47. The van der Waals surface area contributed by atoms with Crippen LogP contribution in [0, 0.1) is 0 Å². The maximum Gasteiger partial charge on any atom is 0.218 e. The molecule has 0 aromatic carbocycles. The minimum Gasteiger partial charge on any atom is -0.311 e. The van der Waals surface area contributed by atoms with E-state index in [1.54, 1.807) is 4.31 Å². The molecule has 2 atom stereocenters. The zero-order chi connectivity index (χ0) is 10.8. The van der Waals surface area contributed by atoms with Crippen molar-refractivity contribution in [3.8, 4) is 0 Å². The van der Waals surface area contributed by atoms with Crippen molar-refractivity contribution in [2.45, 2.75) is 25.9 Å². The fourth-order valence-electron chi connectivity index (χ4n) is 1.62. The minimum absolute atomic E-state index is 0.0318. The van der Waals surface area contributed by atoms with Crippen molar-refractivity contribution in [3.05, 3.63) is 12.7 Å². The normalized spacial score (nSPS) is 30.1. The van der Waals surface area contributed by atoms with Gasteiger partial charge in [-0.2, -0.15) is 4.31 Å². The first-order valence-corrected chi connectivity index (χ1v) is 6.42. The third-order valence-corrected chi connectivity index (χ3v) is 4.27. The summed E-state index contributed by atoms with van der Waals surface area (Å²) in [4.78, 5) is 0. The Balaban J connectivity index is 2.78. The third kappa shape index (κ3) is 2.56. The van der Waals surface area contributed by atoms with Crippen LogP contribution in [0.5, 0.6) is 0 Å². The summed E-state index contributed by atoms with van der Waals surface area (Å²) < 4.78 is 25.1. The predicted molar refractivity (Wildman–Crippen MR) is 57.6 cm³/mol. The van der Waals surface area contributed by atoms with E-state index in [4.69, 9.17) is 0 Å². The van der Waals surface area contributed by atoms with Crippen molar-refractivity contribution in [1.82, 2.24) is 9.62 Å². The summed E-state index contributed by atoms with van der Waals surface area (Å²) in [7, 11) is -3.14. The van der Waals surface area contributed by atoms with Crippen LogP contribution in [-0.2, 0) is 10.0 Å². The van der Waals surface area contributed by atoms with Crippen molar-refractivity contribution >= 4 is 10.0 Å². The highest BCUT2D eigenvalue weighted by Gasteiger charge is 2.30. The monoisotopic (exact) mass is 218 g/mol. The number of hydrogen-bond donors (Lipinski definition) is 1. The average molecular weight is 218 g/mol. The van der Waals surface area contributed by atoms with E-state index in [0.29, 0.717) is 6.54 Å². The Kier molecular flexibility index (Phi) is 3.69. The second-order valence-corrected chi connectivity index (χ2v) is 5.76. The summed E-state index contributed by atoms with van der Waals surface area (Å²) in [6, 6.07) is 0.266. The Morgan fingerprint density at radius 2 is 2.21 bits per heavy atom. The molecular formula is C9H18N2O2S. The van der Waals surface area contributed by atoms with Gasteiger partial charge in [-0.05, 0) is 13.8 Å². The van der Waals surface area contributed by atoms with E-state index in [2.05, 4.69) is 11.9 Å². The van der Waals surface area contributed by atoms with Gasteiger partial charge < -0.3 is 5.32 Å². The Labute approximate surface area is 86.0 Å². The summed E-state index contributed by atoms with van der Waals surface area (Å²) in [5, 5.41) is 3.24. The molecule has 0 spiro atoms. The molecule has 0 amide bonds. The SMILES string of the molecule is C=CCS(=O)(=O)N1CC(C)NCC1C. The lowest BCUT2D eigenvalue weighted by Crippen LogP contribution is -2.56. The first kappa shape index (κ1) is 11.7. The van der Waals surface area contributed by atoms with E-state index in [1.807, 2.05) is 13.8 Å². The van der Waals surface area contributed by atoms with Gasteiger partial charge in [-0.1, -0.05) is 6.08 Å². The van der Waals surface area contributed by atoms with Crippen molar-refractivity contribution in [3.63, 3.8) is 0 Å². The fraction of sp³-hybridized carbons (Fsp3) is 0.778. The van der Waals surface area contributed by atoms with Gasteiger partial charge >= 0.3 is 0 Å². The molecule has 1 heterocycles. The number of nitrogens with one attached hydrogen (secondary N) is 1. The second kappa shape index (κ2) is 4.42. The minimum atomic E-state index is -3.14. The van der Waals surface area contributed by atoms with Crippen LogP contribution in [0.15, 0.2) is 12.7 Å². The summed E-state index contributed by atoms with van der Waals surface area (Å²) in [6.07, 6.45) is 1.44. The molecule has 0 bridgehead atoms. The molecule has 4 nitrogen and oxygen atoms in total. The molecule has 0 radical (unpaired) electrons. The van der Waals surface area contributed by atoms with E-state index >= 15 is 0 Å². The maximum atomic E-state index is 11.8. The van der Waals surface area contributed by atoms with Crippen molar-refractivity contribution in [2.24, 2.45) is 0 Å². The Morgan fingerprint density at radius 1 is 1.57 bits per heavy atom. The summed E-state index contributed by atoms with van der Waals surface area (Å²) in [5.74, 6) is 0.0318. The molecule has 1 saturated heterocycles. The lowest BCUT2D eigenvalue weighted by Gasteiger charge is -2.36. The van der Waals surface area contributed by atoms with Crippen LogP contribution >= 0.6 is 0 Å². The molecular weight excluding hydrogens is 200 g/mol. The maximum absolute atomic E-state index is 11.8. The van der Waals surface area contributed by atoms with E-state index in [0.717, 1.165) is 6.54 Å². The summed E-state index contributed by atoms with van der Waals surface area (Å²) >= 11 is 0. The van der Waals surface area contributed by atoms with E-state index in [1.165, 1.54) is 6.08 Å². The highest BCUT2D eigenvalue weighted by Crippen LogP contribution is 2.12. The van der Waals surface area contributed by atoms with Crippen LogP contribution in [0.1, 0.15) is 13.8 Å². The largest absolute Gasteiger partial charge is 0.311 e. The number of piperazine rings is 1. The molecule has 0 aliphatic carbocycles. The van der Waals surface area contributed by atoms with E-state index in [9.17, 15) is 8.42 Å². The molecule has 1 aliphatic heterocycles. The molecule has 0 aromatic rings. The van der Waals surface area contributed by atoms with Crippen LogP contribution in [0.3, 0.4) is 0 Å². The topological polar surface area (TPSA) is 49.4 Å². The van der Waals surface area contributed by atoms with E-state index < -0.39 is 10.0 Å². The van der Waals surface area contributed by atoms with Crippen molar-refractivity contribution in [1.29, 1.82) is 0 Å². The molecule has 5 heteroatoms. The molecule has 0 saturated carbocycles. The third-order valence-electron chi connectivity index (χ3n) is 2.39. The van der Waals surface area contributed by atoms with Crippen LogP contribution in [0.2, 0.25) is 0 Å². The summed E-state index contributed by atoms with van der Waals surface area (Å²) in [5.41, 5.74) is 0. The Morgan fingerprint density at radius 3 is 2.79 bits per heavy atom. The average Bonchev–Trinajstić information content (AvgIpc) is 2.09. The lowest BCUT2D eigenvalue weighted by molar-refractivity contribution is 0.245. The molecule has 2 unspecified atom stereocenters. The van der Waals surface area contributed by atoms with Crippen LogP contribution in [-0.4, -0.2) is 43.6 Å². The number of sulfonamides is 1.